The molecule has 4 aromatic rings. The van der Waals surface area contributed by atoms with E-state index in [4.69, 9.17) is 21.7 Å². The van der Waals surface area contributed by atoms with Gasteiger partial charge in [-0.05, 0) is 66.3 Å². The minimum Gasteiger partial charge on any atom is -0.497 e. The maximum atomic E-state index is 13.5. The van der Waals surface area contributed by atoms with Crippen molar-refractivity contribution in [3.63, 3.8) is 0 Å². The third kappa shape index (κ3) is 4.67. The Balaban J connectivity index is 1.53. The number of rotatable bonds is 6. The van der Waals surface area contributed by atoms with E-state index in [2.05, 4.69) is 5.32 Å². The van der Waals surface area contributed by atoms with E-state index >= 15 is 0 Å². The number of hydrogen-bond donors (Lipinski definition) is 1. The fraction of sp³-hybridized carbons (Fsp3) is 0.103. The second-order valence-corrected chi connectivity index (χ2v) is 8.96. The zero-order valence-corrected chi connectivity index (χ0v) is 21.5. The number of fused-ring (bicyclic) bond motifs is 1. The van der Waals surface area contributed by atoms with E-state index in [1.165, 1.54) is 12.0 Å². The summed E-state index contributed by atoms with van der Waals surface area (Å²) in [4.78, 5) is 39.6. The van der Waals surface area contributed by atoms with Crippen molar-refractivity contribution in [3.05, 3.63) is 101 Å². The monoisotopic (exact) mass is 525 g/mol. The number of amides is 2. The molecule has 1 aliphatic heterocycles. The van der Waals surface area contributed by atoms with Crippen molar-refractivity contribution in [2.75, 3.05) is 19.1 Å². The predicted octanol–water partition coefficient (Wildman–Crippen LogP) is 4.32. The van der Waals surface area contributed by atoms with Gasteiger partial charge in [0.1, 0.15) is 11.3 Å². The van der Waals surface area contributed by atoms with Crippen LogP contribution in [-0.4, -0.2) is 41.7 Å². The number of thiocarbonyl (C=S) groups is 1. The van der Waals surface area contributed by atoms with Gasteiger partial charge in [-0.15, -0.1) is 0 Å². The van der Waals surface area contributed by atoms with Gasteiger partial charge >= 0.3 is 5.97 Å². The number of hydrogen-bond acceptors (Lipinski definition) is 6. The summed E-state index contributed by atoms with van der Waals surface area (Å²) in [6.07, 6.45) is 3.47. The van der Waals surface area contributed by atoms with Crippen LogP contribution in [0.4, 0.5) is 5.69 Å². The molecule has 1 N–H and O–H groups in total. The fourth-order valence-electron chi connectivity index (χ4n) is 4.41. The zero-order chi connectivity index (χ0) is 26.8. The third-order valence-corrected chi connectivity index (χ3v) is 6.54. The molecule has 0 unspecified atom stereocenters. The number of anilines is 1. The number of para-hydroxylation sites is 1. The highest BCUT2D eigenvalue weighted by Gasteiger charge is 2.34. The van der Waals surface area contributed by atoms with Crippen LogP contribution in [-0.2, 0) is 20.9 Å². The van der Waals surface area contributed by atoms with Gasteiger partial charge in [-0.25, -0.2) is 4.79 Å². The van der Waals surface area contributed by atoms with Gasteiger partial charge in [-0.2, -0.15) is 0 Å². The molecule has 0 aliphatic carbocycles. The van der Waals surface area contributed by atoms with Crippen LogP contribution < -0.4 is 15.0 Å². The minimum absolute atomic E-state index is 0.00947. The Morgan fingerprint density at radius 1 is 1.00 bits per heavy atom. The quantitative estimate of drug-likeness (QED) is 0.175. The van der Waals surface area contributed by atoms with Crippen molar-refractivity contribution in [2.45, 2.75) is 6.54 Å². The molecule has 1 aliphatic rings. The van der Waals surface area contributed by atoms with Crippen molar-refractivity contribution >= 4 is 57.8 Å². The van der Waals surface area contributed by atoms with Gasteiger partial charge in [-0.3, -0.25) is 19.8 Å². The molecule has 5 rings (SSSR count). The molecule has 190 valence electrons. The number of carbonyl (C=O) groups excluding carboxylic acids is 3. The second kappa shape index (κ2) is 10.3. The van der Waals surface area contributed by atoms with Crippen LogP contribution in [0.5, 0.6) is 5.75 Å². The summed E-state index contributed by atoms with van der Waals surface area (Å²) in [5.41, 5.74) is 3.45. The first-order valence-electron chi connectivity index (χ1n) is 11.7. The summed E-state index contributed by atoms with van der Waals surface area (Å²) in [6.45, 7) is 0.469. The van der Waals surface area contributed by atoms with E-state index in [1.807, 2.05) is 41.1 Å². The first-order chi connectivity index (χ1) is 18.4. The molecule has 2 amide bonds. The van der Waals surface area contributed by atoms with Gasteiger partial charge in [0.25, 0.3) is 11.8 Å². The average molecular weight is 526 g/mol. The number of benzene rings is 3. The molecular formula is C29H23N3O5S. The molecule has 1 saturated heterocycles. The first-order valence-corrected chi connectivity index (χ1v) is 12.1. The molecule has 0 atom stereocenters. The van der Waals surface area contributed by atoms with Crippen LogP contribution in [0.15, 0.2) is 84.6 Å². The Kier molecular flexibility index (Phi) is 6.76. The van der Waals surface area contributed by atoms with E-state index in [-0.39, 0.29) is 10.7 Å². The number of ether oxygens (including phenoxy) is 2. The maximum absolute atomic E-state index is 13.5. The summed E-state index contributed by atoms with van der Waals surface area (Å²) in [6, 6.07) is 21.7. The smallest absolute Gasteiger partial charge is 0.337 e. The highest BCUT2D eigenvalue weighted by molar-refractivity contribution is 7.80. The summed E-state index contributed by atoms with van der Waals surface area (Å²) in [5.74, 6) is -0.858. The van der Waals surface area contributed by atoms with Gasteiger partial charge in [0, 0.05) is 29.2 Å². The molecule has 2 heterocycles. The van der Waals surface area contributed by atoms with Crippen molar-refractivity contribution in [3.8, 4) is 5.75 Å². The lowest BCUT2D eigenvalue weighted by Gasteiger charge is -2.29. The van der Waals surface area contributed by atoms with E-state index in [9.17, 15) is 14.4 Å². The molecule has 9 heteroatoms. The van der Waals surface area contributed by atoms with E-state index in [0.717, 1.165) is 16.5 Å². The summed E-state index contributed by atoms with van der Waals surface area (Å²) in [5, 5.41) is 3.50. The van der Waals surface area contributed by atoms with Gasteiger partial charge in [0.2, 0.25) is 0 Å². The summed E-state index contributed by atoms with van der Waals surface area (Å²) in [7, 11) is 2.90. The van der Waals surface area contributed by atoms with Crippen molar-refractivity contribution in [2.24, 2.45) is 0 Å². The SMILES string of the molecule is COC(=O)c1cccc(Cn2cc(/C=C3\C(=O)NC(=S)N(c4ccc(OC)cc4)C3=O)c3ccccc32)c1. The van der Waals surface area contributed by atoms with Crippen LogP contribution in [0.25, 0.3) is 17.0 Å². The van der Waals surface area contributed by atoms with Crippen LogP contribution in [0.3, 0.4) is 0 Å². The maximum Gasteiger partial charge on any atom is 0.337 e. The largest absolute Gasteiger partial charge is 0.497 e. The van der Waals surface area contributed by atoms with Crippen LogP contribution in [0, 0.1) is 0 Å². The lowest BCUT2D eigenvalue weighted by Crippen LogP contribution is -2.54. The lowest BCUT2D eigenvalue weighted by molar-refractivity contribution is -0.122. The number of nitrogens with zero attached hydrogens (tertiary/aromatic N) is 2. The zero-order valence-electron chi connectivity index (χ0n) is 20.6. The molecule has 38 heavy (non-hydrogen) atoms. The van der Waals surface area contributed by atoms with Crippen LogP contribution >= 0.6 is 12.2 Å². The average Bonchev–Trinajstić information content (AvgIpc) is 3.28. The molecular weight excluding hydrogens is 502 g/mol. The molecule has 0 bridgehead atoms. The number of aromatic nitrogens is 1. The standard InChI is InChI=1S/C29H23N3O5S/c1-36-22-12-10-21(11-13-22)32-27(34)24(26(33)30-29(32)38)15-20-17-31(25-9-4-3-8-23(20)25)16-18-6-5-7-19(14-18)28(35)37-2/h3-15,17H,16H2,1-2H3,(H,30,33,38)/b24-15+. The topological polar surface area (TPSA) is 89.9 Å². The highest BCUT2D eigenvalue weighted by Crippen LogP contribution is 2.28. The van der Waals surface area contributed by atoms with Crippen LogP contribution in [0.1, 0.15) is 21.5 Å². The number of nitrogens with one attached hydrogen (secondary N) is 1. The van der Waals surface area contributed by atoms with E-state index in [0.29, 0.717) is 29.1 Å². The Morgan fingerprint density at radius 3 is 2.50 bits per heavy atom. The summed E-state index contributed by atoms with van der Waals surface area (Å²) >= 11 is 5.31. The highest BCUT2D eigenvalue weighted by atomic mass is 32.1. The lowest BCUT2D eigenvalue weighted by atomic mass is 10.1. The third-order valence-electron chi connectivity index (χ3n) is 6.25. The molecule has 0 spiro atoms. The Bertz CT molecular complexity index is 1620. The molecule has 3 aromatic carbocycles. The Morgan fingerprint density at radius 2 is 1.76 bits per heavy atom. The van der Waals surface area contributed by atoms with Gasteiger partial charge in [0.05, 0.1) is 25.5 Å². The predicted molar refractivity (Wildman–Crippen MR) is 148 cm³/mol. The molecule has 0 radical (unpaired) electrons. The van der Waals surface area contributed by atoms with Crippen molar-refractivity contribution < 1.29 is 23.9 Å². The normalized spacial score (nSPS) is 14.6. The molecule has 1 fully saturated rings. The summed E-state index contributed by atoms with van der Waals surface area (Å²) < 4.78 is 12.0. The fourth-order valence-corrected chi connectivity index (χ4v) is 4.69. The first kappa shape index (κ1) is 24.9. The van der Waals surface area contributed by atoms with Crippen molar-refractivity contribution in [1.82, 2.24) is 9.88 Å². The number of methoxy groups -OCH3 is 2. The van der Waals surface area contributed by atoms with E-state index in [1.54, 1.807) is 55.7 Å². The van der Waals surface area contributed by atoms with Crippen molar-refractivity contribution in [1.29, 1.82) is 0 Å². The van der Waals surface area contributed by atoms with E-state index < -0.39 is 17.8 Å². The second-order valence-electron chi connectivity index (χ2n) is 8.58. The molecule has 0 saturated carbocycles. The number of carbonyl (C=O) groups is 3. The Labute approximate surface area is 224 Å². The van der Waals surface area contributed by atoms with Gasteiger partial charge < -0.3 is 14.0 Å². The minimum atomic E-state index is -0.563. The van der Waals surface area contributed by atoms with Gasteiger partial charge in [-0.1, -0.05) is 30.3 Å². The van der Waals surface area contributed by atoms with Crippen LogP contribution in [0.2, 0.25) is 0 Å². The Hall–Kier alpha value is -4.76. The molecule has 1 aromatic heterocycles. The van der Waals surface area contributed by atoms with Gasteiger partial charge in [0.15, 0.2) is 5.11 Å². The molecule has 8 nitrogen and oxygen atoms in total. The number of esters is 1.